The van der Waals surface area contributed by atoms with Crippen LogP contribution in [0.15, 0.2) is 29.0 Å². The second-order valence-electron chi connectivity index (χ2n) is 8.34. The van der Waals surface area contributed by atoms with Crippen LogP contribution in [-0.4, -0.2) is 57.4 Å². The number of tetrazole rings is 1. The van der Waals surface area contributed by atoms with E-state index in [0.717, 1.165) is 49.2 Å². The van der Waals surface area contributed by atoms with Gasteiger partial charge in [0.05, 0.1) is 0 Å². The standard InChI is InChI=1S/C22H31N7O/c1-15(2)14-29-10-8-17(9-11-29)22(30)24-20(23-4)13-19-12-18(7-6-16(19)3)21-25-26-27-28(21)5/h6-7,12-13,15,17H,4,8-11,14H2,1-3,5H3,(H,24,30)/b20-13+. The number of aromatic nitrogens is 4. The molecule has 0 unspecified atom stereocenters. The first-order valence-corrected chi connectivity index (χ1v) is 10.4. The monoisotopic (exact) mass is 409 g/mol. The minimum absolute atomic E-state index is 0.00992. The number of carbonyl (C=O) groups excluding carboxylic acids is 1. The Hall–Kier alpha value is -2.87. The second-order valence-corrected chi connectivity index (χ2v) is 8.34. The van der Waals surface area contributed by atoms with Crippen molar-refractivity contribution in [3.63, 3.8) is 0 Å². The van der Waals surface area contributed by atoms with E-state index in [1.54, 1.807) is 11.7 Å². The third-order valence-corrected chi connectivity index (χ3v) is 5.45. The number of nitrogens with zero attached hydrogens (tertiary/aromatic N) is 6. The molecule has 0 atom stereocenters. The molecule has 2 aromatic rings. The third-order valence-electron chi connectivity index (χ3n) is 5.45. The fraction of sp³-hybridized carbons (Fsp3) is 0.500. The van der Waals surface area contributed by atoms with Crippen LogP contribution in [0.1, 0.15) is 37.8 Å². The third kappa shape index (κ3) is 5.38. The fourth-order valence-electron chi connectivity index (χ4n) is 3.80. The highest BCUT2D eigenvalue weighted by atomic mass is 16.2. The molecule has 0 aliphatic carbocycles. The van der Waals surface area contributed by atoms with Crippen LogP contribution in [0.25, 0.3) is 17.5 Å². The van der Waals surface area contributed by atoms with Gasteiger partial charge in [-0.15, -0.1) is 5.10 Å². The number of amides is 1. The Kier molecular flexibility index (Phi) is 7.10. The first kappa shape index (κ1) is 21.8. The number of nitrogens with one attached hydrogen (secondary N) is 1. The van der Waals surface area contributed by atoms with Crippen molar-refractivity contribution in [3.05, 3.63) is 35.1 Å². The fourth-order valence-corrected chi connectivity index (χ4v) is 3.80. The Labute approximate surface area is 178 Å². The summed E-state index contributed by atoms with van der Waals surface area (Å²) in [6, 6.07) is 5.97. The molecule has 1 amide bonds. The van der Waals surface area contributed by atoms with Crippen molar-refractivity contribution >= 4 is 18.7 Å². The average Bonchev–Trinajstić information content (AvgIpc) is 3.15. The summed E-state index contributed by atoms with van der Waals surface area (Å²) in [6.45, 7) is 13.1. The molecule has 30 heavy (non-hydrogen) atoms. The molecular formula is C22H31N7O. The number of carbonyl (C=O) groups is 1. The van der Waals surface area contributed by atoms with Crippen LogP contribution in [0.4, 0.5) is 0 Å². The van der Waals surface area contributed by atoms with Gasteiger partial charge in [-0.3, -0.25) is 4.79 Å². The number of piperidine rings is 1. The molecule has 1 fully saturated rings. The van der Waals surface area contributed by atoms with Crippen molar-refractivity contribution in [1.29, 1.82) is 0 Å². The van der Waals surface area contributed by atoms with Crippen LogP contribution in [-0.2, 0) is 11.8 Å². The number of aliphatic imine (C=N–C) groups is 1. The highest BCUT2D eigenvalue weighted by Gasteiger charge is 2.25. The smallest absolute Gasteiger partial charge is 0.228 e. The van der Waals surface area contributed by atoms with E-state index in [1.165, 1.54) is 0 Å². The summed E-state index contributed by atoms with van der Waals surface area (Å²) in [4.78, 5) is 19.3. The molecule has 0 saturated carbocycles. The highest BCUT2D eigenvalue weighted by Crippen LogP contribution is 2.22. The van der Waals surface area contributed by atoms with Gasteiger partial charge in [0.2, 0.25) is 5.91 Å². The van der Waals surface area contributed by atoms with Crippen molar-refractivity contribution < 1.29 is 4.79 Å². The van der Waals surface area contributed by atoms with Gasteiger partial charge >= 0.3 is 0 Å². The summed E-state index contributed by atoms with van der Waals surface area (Å²) in [5, 5.41) is 14.6. The number of benzene rings is 1. The molecule has 1 N–H and O–H groups in total. The highest BCUT2D eigenvalue weighted by molar-refractivity contribution is 5.82. The van der Waals surface area contributed by atoms with Gasteiger partial charge in [0.25, 0.3) is 0 Å². The molecule has 2 heterocycles. The Bertz CT molecular complexity index is 923. The maximum Gasteiger partial charge on any atom is 0.228 e. The van der Waals surface area contributed by atoms with Crippen LogP contribution in [0.3, 0.4) is 0 Å². The van der Waals surface area contributed by atoms with E-state index in [0.29, 0.717) is 17.6 Å². The minimum Gasteiger partial charge on any atom is -0.310 e. The van der Waals surface area contributed by atoms with Gasteiger partial charge in [0.15, 0.2) is 5.82 Å². The molecule has 0 bridgehead atoms. The zero-order valence-corrected chi connectivity index (χ0v) is 18.3. The first-order valence-electron chi connectivity index (χ1n) is 10.4. The van der Waals surface area contributed by atoms with E-state index in [4.69, 9.17) is 0 Å². The lowest BCUT2D eigenvalue weighted by Gasteiger charge is -2.32. The van der Waals surface area contributed by atoms with Crippen molar-refractivity contribution in [1.82, 2.24) is 30.4 Å². The molecule has 160 valence electrons. The van der Waals surface area contributed by atoms with Gasteiger partial charge < -0.3 is 10.2 Å². The molecule has 8 nitrogen and oxygen atoms in total. The normalized spacial score (nSPS) is 16.1. The lowest BCUT2D eigenvalue weighted by molar-refractivity contribution is -0.125. The molecule has 1 aromatic carbocycles. The van der Waals surface area contributed by atoms with E-state index in [-0.39, 0.29) is 11.8 Å². The zero-order valence-electron chi connectivity index (χ0n) is 18.3. The number of hydrogen-bond acceptors (Lipinski definition) is 6. The summed E-state index contributed by atoms with van der Waals surface area (Å²) >= 11 is 0. The Morgan fingerprint density at radius 1 is 1.37 bits per heavy atom. The Morgan fingerprint density at radius 3 is 2.70 bits per heavy atom. The predicted octanol–water partition coefficient (Wildman–Crippen LogP) is 2.67. The molecule has 1 aliphatic heterocycles. The molecule has 0 spiro atoms. The van der Waals surface area contributed by atoms with Crippen molar-refractivity contribution in [3.8, 4) is 11.4 Å². The minimum atomic E-state index is 0.00992. The average molecular weight is 410 g/mol. The number of hydrogen-bond donors (Lipinski definition) is 1. The topological polar surface area (TPSA) is 88.3 Å². The van der Waals surface area contributed by atoms with Crippen LogP contribution in [0.2, 0.25) is 0 Å². The van der Waals surface area contributed by atoms with Gasteiger partial charge in [-0.1, -0.05) is 26.0 Å². The van der Waals surface area contributed by atoms with E-state index in [9.17, 15) is 4.79 Å². The van der Waals surface area contributed by atoms with Crippen molar-refractivity contribution in [2.24, 2.45) is 23.9 Å². The molecule has 1 aliphatic rings. The van der Waals surface area contributed by atoms with Crippen LogP contribution < -0.4 is 5.32 Å². The first-order chi connectivity index (χ1) is 14.4. The van der Waals surface area contributed by atoms with Gasteiger partial charge in [0.1, 0.15) is 5.82 Å². The van der Waals surface area contributed by atoms with E-state index >= 15 is 0 Å². The molecule has 8 heteroatoms. The Morgan fingerprint density at radius 2 is 2.10 bits per heavy atom. The molecule has 1 aromatic heterocycles. The maximum atomic E-state index is 12.8. The quantitative estimate of drug-likeness (QED) is 0.710. The van der Waals surface area contributed by atoms with E-state index in [1.807, 2.05) is 31.2 Å². The van der Waals surface area contributed by atoms with E-state index < -0.39 is 0 Å². The molecule has 1 saturated heterocycles. The molecule has 3 rings (SSSR count). The number of likely N-dealkylation sites (tertiary alicyclic amines) is 1. The second kappa shape index (κ2) is 9.75. The zero-order chi connectivity index (χ0) is 21.7. The summed E-state index contributed by atoms with van der Waals surface area (Å²) < 4.78 is 1.62. The lowest BCUT2D eigenvalue weighted by atomic mass is 9.95. The largest absolute Gasteiger partial charge is 0.310 e. The Balaban J connectivity index is 1.70. The van der Waals surface area contributed by atoms with Crippen LogP contribution in [0.5, 0.6) is 0 Å². The van der Waals surface area contributed by atoms with Crippen molar-refractivity contribution in [2.45, 2.75) is 33.6 Å². The van der Waals surface area contributed by atoms with Gasteiger partial charge in [-0.2, -0.15) is 0 Å². The SMILES string of the molecule is C=N/C(=C\c1cc(-c2nnnn2C)ccc1C)NC(=O)C1CCN(CC(C)C)CC1. The number of rotatable bonds is 7. The molecule has 0 radical (unpaired) electrons. The lowest BCUT2D eigenvalue weighted by Crippen LogP contribution is -2.41. The molecular weight excluding hydrogens is 378 g/mol. The van der Waals surface area contributed by atoms with Crippen LogP contribution >= 0.6 is 0 Å². The van der Waals surface area contributed by atoms with Gasteiger partial charge in [-0.25, -0.2) is 9.67 Å². The van der Waals surface area contributed by atoms with Crippen LogP contribution in [0, 0.1) is 18.8 Å². The van der Waals surface area contributed by atoms with E-state index in [2.05, 4.69) is 51.3 Å². The summed E-state index contributed by atoms with van der Waals surface area (Å²) in [5.74, 6) is 1.81. The van der Waals surface area contributed by atoms with Gasteiger partial charge in [0, 0.05) is 25.1 Å². The van der Waals surface area contributed by atoms with Crippen molar-refractivity contribution in [2.75, 3.05) is 19.6 Å². The predicted molar refractivity (Wildman–Crippen MR) is 119 cm³/mol. The summed E-state index contributed by atoms with van der Waals surface area (Å²) in [5.41, 5.74) is 2.89. The summed E-state index contributed by atoms with van der Waals surface area (Å²) in [7, 11) is 1.80. The van der Waals surface area contributed by atoms with Gasteiger partial charge in [-0.05, 0) is 79.2 Å². The summed E-state index contributed by atoms with van der Waals surface area (Å²) in [6.07, 6.45) is 3.59. The number of aryl methyl sites for hydroxylation is 2. The maximum absolute atomic E-state index is 12.8.